The Kier molecular flexibility index (Phi) is 6.54. The van der Waals surface area contributed by atoms with E-state index in [0.29, 0.717) is 23.2 Å². The summed E-state index contributed by atoms with van der Waals surface area (Å²) < 4.78 is 0. The largest absolute Gasteiger partial charge is 0.366 e. The summed E-state index contributed by atoms with van der Waals surface area (Å²) in [6, 6.07) is 20.7. The van der Waals surface area contributed by atoms with E-state index in [1.807, 2.05) is 30.3 Å². The number of carbonyl (C=O) groups excluding carboxylic acids is 1. The van der Waals surface area contributed by atoms with Crippen molar-refractivity contribution < 1.29 is 9.72 Å². The molecule has 0 radical (unpaired) electrons. The molecule has 1 amide bonds. The molecular weight excluding hydrogens is 454 g/mol. The lowest BCUT2D eigenvalue weighted by Crippen LogP contribution is -2.45. The molecule has 1 aliphatic rings. The predicted octanol–water partition coefficient (Wildman–Crippen LogP) is 4.30. The maximum atomic E-state index is 12.9. The molecule has 184 valence electrons. The van der Waals surface area contributed by atoms with Gasteiger partial charge in [0.25, 0.3) is 11.6 Å². The highest BCUT2D eigenvalue weighted by Gasteiger charge is 2.28. The summed E-state index contributed by atoms with van der Waals surface area (Å²) in [4.78, 5) is 32.3. The Bertz CT molecular complexity index is 1440. The summed E-state index contributed by atoms with van der Waals surface area (Å²) in [5, 5.41) is 14.0. The first-order valence-electron chi connectivity index (χ1n) is 12.1. The van der Waals surface area contributed by atoms with Gasteiger partial charge in [-0.05, 0) is 47.5 Å². The van der Waals surface area contributed by atoms with Crippen molar-refractivity contribution in [2.45, 2.75) is 6.42 Å². The number of aromatic amines is 1. The highest BCUT2D eigenvalue weighted by atomic mass is 16.6. The fraction of sp³-hybridized carbons (Fsp3) is 0.250. The van der Waals surface area contributed by atoms with Gasteiger partial charge in [0.2, 0.25) is 0 Å². The van der Waals surface area contributed by atoms with Gasteiger partial charge >= 0.3 is 0 Å². The number of nitrogens with two attached hydrogens (primary N) is 1. The molecule has 2 heterocycles. The van der Waals surface area contributed by atoms with Crippen LogP contribution < -0.4 is 5.73 Å². The Hall–Kier alpha value is -4.01. The predicted molar refractivity (Wildman–Crippen MR) is 142 cm³/mol. The van der Waals surface area contributed by atoms with Crippen LogP contribution in [0.1, 0.15) is 15.9 Å². The van der Waals surface area contributed by atoms with Gasteiger partial charge in [0.15, 0.2) is 0 Å². The molecule has 1 saturated heterocycles. The first kappa shape index (κ1) is 23.7. The van der Waals surface area contributed by atoms with Crippen LogP contribution in [-0.4, -0.2) is 65.4 Å². The molecule has 1 aliphatic heterocycles. The number of nitrogens with one attached hydrogen (secondary N) is 1. The molecule has 0 spiro atoms. The number of fused-ring (bicyclic) bond motifs is 1. The van der Waals surface area contributed by atoms with Gasteiger partial charge in [-0.3, -0.25) is 14.9 Å². The number of nitrogens with zero attached hydrogens (tertiary/aromatic N) is 3. The molecule has 1 aromatic heterocycles. The summed E-state index contributed by atoms with van der Waals surface area (Å²) in [6.45, 7) is 4.66. The standard InChI is InChI=1S/C28H29N5O3/c1-31-14-16-32(17-15-31)13-12-23-25(28(29)34)27(22-8-4-5-9-24(22)33(35)36)30-26(23)21-11-10-19-6-2-3-7-20(19)18-21/h2-11,18,30H,12-17H2,1H3,(H2,29,34). The summed E-state index contributed by atoms with van der Waals surface area (Å²) in [7, 11) is 2.12. The molecule has 0 saturated carbocycles. The Morgan fingerprint density at radius 2 is 1.67 bits per heavy atom. The van der Waals surface area contributed by atoms with Crippen molar-refractivity contribution in [2.75, 3.05) is 39.8 Å². The molecule has 8 nitrogen and oxygen atoms in total. The Morgan fingerprint density at radius 1 is 0.972 bits per heavy atom. The third-order valence-corrected chi connectivity index (χ3v) is 7.03. The van der Waals surface area contributed by atoms with Crippen LogP contribution in [0.3, 0.4) is 0 Å². The van der Waals surface area contributed by atoms with Gasteiger partial charge in [-0.2, -0.15) is 0 Å². The lowest BCUT2D eigenvalue weighted by Gasteiger charge is -2.32. The molecular formula is C28H29N5O3. The second-order valence-corrected chi connectivity index (χ2v) is 9.32. The fourth-order valence-electron chi connectivity index (χ4n) is 5.04. The van der Waals surface area contributed by atoms with Crippen LogP contribution in [0.4, 0.5) is 5.69 Å². The second kappa shape index (κ2) is 9.93. The van der Waals surface area contributed by atoms with E-state index in [2.05, 4.69) is 34.0 Å². The van der Waals surface area contributed by atoms with Gasteiger partial charge in [-0.15, -0.1) is 0 Å². The Balaban J connectivity index is 1.66. The van der Waals surface area contributed by atoms with Crippen LogP contribution in [0.2, 0.25) is 0 Å². The maximum absolute atomic E-state index is 12.9. The van der Waals surface area contributed by atoms with E-state index in [4.69, 9.17) is 5.73 Å². The summed E-state index contributed by atoms with van der Waals surface area (Å²) in [6.07, 6.45) is 0.598. The third-order valence-electron chi connectivity index (χ3n) is 7.03. The number of rotatable bonds is 7. The van der Waals surface area contributed by atoms with Crippen molar-refractivity contribution in [1.29, 1.82) is 0 Å². The van der Waals surface area contributed by atoms with Crippen molar-refractivity contribution in [1.82, 2.24) is 14.8 Å². The average molecular weight is 484 g/mol. The molecule has 0 unspecified atom stereocenters. The molecule has 4 aromatic rings. The zero-order valence-electron chi connectivity index (χ0n) is 20.2. The van der Waals surface area contributed by atoms with Gasteiger partial charge in [0.1, 0.15) is 0 Å². The van der Waals surface area contributed by atoms with Crippen LogP contribution in [0.25, 0.3) is 33.3 Å². The van der Waals surface area contributed by atoms with Crippen LogP contribution in [0.5, 0.6) is 0 Å². The van der Waals surface area contributed by atoms with Crippen molar-refractivity contribution in [2.24, 2.45) is 5.73 Å². The third kappa shape index (κ3) is 4.60. The Labute approximate surface area is 209 Å². The number of H-pyrrole nitrogens is 1. The van der Waals surface area contributed by atoms with Crippen LogP contribution in [0, 0.1) is 10.1 Å². The topological polar surface area (TPSA) is 108 Å². The van der Waals surface area contributed by atoms with E-state index >= 15 is 0 Å². The number of likely N-dealkylation sites (N-methyl/N-ethyl adjacent to an activating group) is 1. The summed E-state index contributed by atoms with van der Waals surface area (Å²) in [5.74, 6) is -0.597. The smallest absolute Gasteiger partial charge is 0.278 e. The molecule has 3 N–H and O–H groups in total. The molecule has 5 rings (SSSR count). The summed E-state index contributed by atoms with van der Waals surface area (Å²) in [5.41, 5.74) is 9.42. The Morgan fingerprint density at radius 3 is 2.39 bits per heavy atom. The first-order valence-corrected chi connectivity index (χ1v) is 12.1. The highest BCUT2D eigenvalue weighted by molar-refractivity contribution is 6.04. The van der Waals surface area contributed by atoms with Gasteiger partial charge < -0.3 is 20.5 Å². The number of hydrogen-bond donors (Lipinski definition) is 2. The number of piperazine rings is 1. The van der Waals surface area contributed by atoms with Gasteiger partial charge in [-0.25, -0.2) is 0 Å². The van der Waals surface area contributed by atoms with Crippen molar-refractivity contribution in [3.05, 3.63) is 88.0 Å². The minimum atomic E-state index is -0.597. The highest BCUT2D eigenvalue weighted by Crippen LogP contribution is 2.38. The van der Waals surface area contributed by atoms with Crippen molar-refractivity contribution >= 4 is 22.4 Å². The van der Waals surface area contributed by atoms with E-state index in [9.17, 15) is 14.9 Å². The average Bonchev–Trinajstić information content (AvgIpc) is 3.28. The molecule has 0 bridgehead atoms. The van der Waals surface area contributed by atoms with Crippen molar-refractivity contribution in [3.63, 3.8) is 0 Å². The molecule has 8 heteroatoms. The summed E-state index contributed by atoms with van der Waals surface area (Å²) >= 11 is 0. The number of amides is 1. The zero-order chi connectivity index (χ0) is 25.2. The minimum Gasteiger partial charge on any atom is -0.366 e. The fourth-order valence-corrected chi connectivity index (χ4v) is 5.04. The van der Waals surface area contributed by atoms with E-state index in [-0.39, 0.29) is 5.69 Å². The van der Waals surface area contributed by atoms with Gasteiger partial charge in [0.05, 0.1) is 21.7 Å². The molecule has 3 aromatic carbocycles. The molecule has 1 fully saturated rings. The number of nitro groups is 1. The van der Waals surface area contributed by atoms with Crippen LogP contribution >= 0.6 is 0 Å². The lowest BCUT2D eigenvalue weighted by molar-refractivity contribution is -0.384. The lowest BCUT2D eigenvalue weighted by atomic mass is 9.96. The van der Waals surface area contributed by atoms with Gasteiger partial charge in [0, 0.05) is 44.5 Å². The maximum Gasteiger partial charge on any atom is 0.278 e. The number of hydrogen-bond acceptors (Lipinski definition) is 5. The molecule has 36 heavy (non-hydrogen) atoms. The second-order valence-electron chi connectivity index (χ2n) is 9.32. The number of para-hydroxylation sites is 1. The quantitative estimate of drug-likeness (QED) is 0.301. The minimum absolute atomic E-state index is 0.0723. The first-order chi connectivity index (χ1) is 17.4. The normalized spacial score (nSPS) is 14.8. The number of primary amides is 1. The van der Waals surface area contributed by atoms with Crippen LogP contribution in [0.15, 0.2) is 66.7 Å². The van der Waals surface area contributed by atoms with E-state index < -0.39 is 10.8 Å². The SMILES string of the molecule is CN1CCN(CCc2c(-c3ccc4ccccc4c3)[nH]c(-c3ccccc3[N+](=O)[O-])c2C(N)=O)CC1. The number of carbonyl (C=O) groups is 1. The van der Waals surface area contributed by atoms with Crippen LogP contribution in [-0.2, 0) is 6.42 Å². The molecule has 0 atom stereocenters. The number of benzene rings is 3. The van der Waals surface area contributed by atoms with E-state index in [1.54, 1.807) is 18.2 Å². The zero-order valence-corrected chi connectivity index (χ0v) is 20.2. The van der Waals surface area contributed by atoms with Crippen molar-refractivity contribution in [3.8, 4) is 22.5 Å². The van der Waals surface area contributed by atoms with E-state index in [1.165, 1.54) is 6.07 Å². The number of nitro benzene ring substituents is 1. The van der Waals surface area contributed by atoms with Gasteiger partial charge in [-0.1, -0.05) is 48.5 Å². The monoisotopic (exact) mass is 483 g/mol. The number of aromatic nitrogens is 1. The van der Waals surface area contributed by atoms with E-state index in [0.717, 1.165) is 60.3 Å². The molecule has 0 aliphatic carbocycles.